The van der Waals surface area contributed by atoms with E-state index in [2.05, 4.69) is 51.4 Å². The molecule has 2 fully saturated rings. The number of methoxy groups -OCH3 is 1. The summed E-state index contributed by atoms with van der Waals surface area (Å²) in [6, 6.07) is 8.81. The molecule has 32 heavy (non-hydrogen) atoms. The van der Waals surface area contributed by atoms with Gasteiger partial charge in [0.05, 0.1) is 26.0 Å². The van der Waals surface area contributed by atoms with Crippen LogP contribution in [0.2, 0.25) is 0 Å². The number of guanidine groups is 1. The van der Waals surface area contributed by atoms with Crippen molar-refractivity contribution >= 4 is 11.6 Å². The van der Waals surface area contributed by atoms with Crippen molar-refractivity contribution in [3.63, 3.8) is 0 Å². The number of morpholine rings is 1. The number of para-hydroxylation sites is 2. The van der Waals surface area contributed by atoms with Gasteiger partial charge in [-0.3, -0.25) is 9.89 Å². The van der Waals surface area contributed by atoms with Crippen molar-refractivity contribution in [2.24, 2.45) is 16.8 Å². The van der Waals surface area contributed by atoms with Crippen molar-refractivity contribution in [1.82, 2.24) is 15.5 Å². The highest BCUT2D eigenvalue weighted by molar-refractivity contribution is 5.79. The molecule has 2 unspecified atom stereocenters. The molecule has 0 amide bonds. The molecule has 2 aliphatic rings. The Labute approximate surface area is 194 Å². The molecule has 0 aromatic heterocycles. The Balaban J connectivity index is 1.49. The van der Waals surface area contributed by atoms with Crippen LogP contribution in [0, 0.1) is 11.8 Å². The van der Waals surface area contributed by atoms with Gasteiger partial charge >= 0.3 is 0 Å². The van der Waals surface area contributed by atoms with Crippen LogP contribution >= 0.6 is 0 Å². The van der Waals surface area contributed by atoms with Crippen LogP contribution in [0.1, 0.15) is 33.1 Å². The van der Waals surface area contributed by atoms with Gasteiger partial charge in [-0.05, 0) is 30.4 Å². The van der Waals surface area contributed by atoms with Crippen LogP contribution in [0.4, 0.5) is 5.69 Å². The van der Waals surface area contributed by atoms with Gasteiger partial charge in [0.1, 0.15) is 5.75 Å². The summed E-state index contributed by atoms with van der Waals surface area (Å²) in [4.78, 5) is 9.53. The highest BCUT2D eigenvalue weighted by Crippen LogP contribution is 2.31. The number of hydrogen-bond acceptors (Lipinski definition) is 5. The number of nitrogens with zero attached hydrogens (tertiary/aromatic N) is 3. The Bertz CT molecular complexity index is 703. The zero-order valence-electron chi connectivity index (χ0n) is 20.5. The summed E-state index contributed by atoms with van der Waals surface area (Å²) >= 11 is 0. The van der Waals surface area contributed by atoms with E-state index in [1.165, 1.54) is 24.9 Å². The maximum absolute atomic E-state index is 5.58. The minimum absolute atomic E-state index is 0.514. The summed E-state index contributed by atoms with van der Waals surface area (Å²) in [7, 11) is 3.61. The smallest absolute Gasteiger partial charge is 0.191 e. The van der Waals surface area contributed by atoms with E-state index in [9.17, 15) is 0 Å². The summed E-state index contributed by atoms with van der Waals surface area (Å²) in [6.07, 6.45) is 3.58. The van der Waals surface area contributed by atoms with Crippen LogP contribution in [0.15, 0.2) is 29.3 Å². The molecule has 0 spiro atoms. The summed E-state index contributed by atoms with van der Waals surface area (Å²) in [5, 5.41) is 7.21. The normalized spacial score (nSPS) is 21.1. The molecule has 0 aliphatic carbocycles. The van der Waals surface area contributed by atoms with Crippen molar-refractivity contribution in [2.45, 2.75) is 39.2 Å². The van der Waals surface area contributed by atoms with Gasteiger partial charge < -0.3 is 25.0 Å². The van der Waals surface area contributed by atoms with Crippen LogP contribution in [0.5, 0.6) is 5.75 Å². The molecule has 2 heterocycles. The van der Waals surface area contributed by atoms with Crippen LogP contribution in [0.25, 0.3) is 0 Å². The second-order valence-electron chi connectivity index (χ2n) is 8.90. The van der Waals surface area contributed by atoms with E-state index in [0.29, 0.717) is 17.9 Å². The maximum Gasteiger partial charge on any atom is 0.191 e. The Morgan fingerprint density at radius 3 is 2.59 bits per heavy atom. The maximum atomic E-state index is 5.58. The van der Waals surface area contributed by atoms with Crippen molar-refractivity contribution in [2.75, 3.05) is 71.5 Å². The first-order valence-corrected chi connectivity index (χ1v) is 12.3. The Morgan fingerprint density at radius 2 is 1.91 bits per heavy atom. The van der Waals surface area contributed by atoms with Gasteiger partial charge in [-0.15, -0.1) is 0 Å². The van der Waals surface area contributed by atoms with E-state index in [-0.39, 0.29) is 0 Å². The standard InChI is InChI=1S/C25H43N5O2/c1-5-21(6-2)23(29-13-15-32-16-14-29)18-28-25(26-3)27-17-20-11-12-30(19-20)22-9-7-8-10-24(22)31-4/h7-10,20-21,23H,5-6,11-19H2,1-4H3,(H2,26,27,28). The predicted octanol–water partition coefficient (Wildman–Crippen LogP) is 2.82. The highest BCUT2D eigenvalue weighted by atomic mass is 16.5. The third kappa shape index (κ3) is 6.51. The molecule has 2 aliphatic heterocycles. The molecule has 2 saturated heterocycles. The number of nitrogens with one attached hydrogen (secondary N) is 2. The molecule has 0 saturated carbocycles. The largest absolute Gasteiger partial charge is 0.495 e. The third-order valence-corrected chi connectivity index (χ3v) is 7.08. The van der Waals surface area contributed by atoms with Gasteiger partial charge in [-0.1, -0.05) is 38.8 Å². The van der Waals surface area contributed by atoms with E-state index >= 15 is 0 Å². The Hall–Kier alpha value is -1.99. The molecule has 3 rings (SSSR count). The van der Waals surface area contributed by atoms with Gasteiger partial charge in [-0.2, -0.15) is 0 Å². The second kappa shape index (κ2) is 12.9. The molecular weight excluding hydrogens is 402 g/mol. The molecule has 2 atom stereocenters. The summed E-state index contributed by atoms with van der Waals surface area (Å²) in [6.45, 7) is 12.3. The number of hydrogen-bond donors (Lipinski definition) is 2. The molecule has 0 bridgehead atoms. The summed E-state index contributed by atoms with van der Waals surface area (Å²) in [5.41, 5.74) is 1.19. The van der Waals surface area contributed by atoms with E-state index in [1.807, 2.05) is 19.2 Å². The molecule has 1 aromatic rings. The fourth-order valence-electron chi connectivity index (χ4n) is 5.11. The number of anilines is 1. The molecule has 7 nitrogen and oxygen atoms in total. The van der Waals surface area contributed by atoms with Crippen molar-refractivity contribution in [1.29, 1.82) is 0 Å². The predicted molar refractivity (Wildman–Crippen MR) is 133 cm³/mol. The lowest BCUT2D eigenvalue weighted by atomic mass is 9.92. The topological polar surface area (TPSA) is 61.4 Å². The van der Waals surface area contributed by atoms with E-state index in [0.717, 1.165) is 64.2 Å². The van der Waals surface area contributed by atoms with Crippen LogP contribution < -0.4 is 20.3 Å². The zero-order chi connectivity index (χ0) is 22.8. The first-order chi connectivity index (χ1) is 15.7. The lowest BCUT2D eigenvalue weighted by Crippen LogP contribution is -2.53. The second-order valence-corrected chi connectivity index (χ2v) is 8.90. The van der Waals surface area contributed by atoms with E-state index < -0.39 is 0 Å². The molecule has 1 aromatic carbocycles. The van der Waals surface area contributed by atoms with Crippen molar-refractivity contribution in [3.05, 3.63) is 24.3 Å². The average molecular weight is 446 g/mol. The monoisotopic (exact) mass is 445 g/mol. The SMILES string of the molecule is CCC(CC)C(CNC(=NC)NCC1CCN(c2ccccc2OC)C1)N1CCOCC1. The first kappa shape index (κ1) is 24.6. The van der Waals surface area contributed by atoms with Gasteiger partial charge in [0, 0.05) is 52.4 Å². The third-order valence-electron chi connectivity index (χ3n) is 7.08. The van der Waals surface area contributed by atoms with Gasteiger partial charge in [0.15, 0.2) is 5.96 Å². The Kier molecular flexibility index (Phi) is 9.93. The summed E-state index contributed by atoms with van der Waals surface area (Å²) < 4.78 is 11.1. The number of rotatable bonds is 10. The minimum atomic E-state index is 0.514. The van der Waals surface area contributed by atoms with E-state index in [4.69, 9.17) is 9.47 Å². The minimum Gasteiger partial charge on any atom is -0.495 e. The highest BCUT2D eigenvalue weighted by Gasteiger charge is 2.28. The van der Waals surface area contributed by atoms with Gasteiger partial charge in [-0.25, -0.2) is 0 Å². The molecule has 7 heteroatoms. The molecule has 2 N–H and O–H groups in total. The van der Waals surface area contributed by atoms with Gasteiger partial charge in [0.25, 0.3) is 0 Å². The summed E-state index contributed by atoms with van der Waals surface area (Å²) in [5.74, 6) is 3.13. The molecule has 180 valence electrons. The van der Waals surface area contributed by atoms with Crippen LogP contribution in [-0.2, 0) is 4.74 Å². The number of aliphatic imine (C=N–C) groups is 1. The molecule has 0 radical (unpaired) electrons. The number of benzene rings is 1. The first-order valence-electron chi connectivity index (χ1n) is 12.3. The Morgan fingerprint density at radius 1 is 1.16 bits per heavy atom. The lowest BCUT2D eigenvalue weighted by molar-refractivity contribution is 0.00272. The zero-order valence-corrected chi connectivity index (χ0v) is 20.5. The van der Waals surface area contributed by atoms with Crippen molar-refractivity contribution < 1.29 is 9.47 Å². The van der Waals surface area contributed by atoms with Crippen LogP contribution in [-0.4, -0.2) is 83.5 Å². The fraction of sp³-hybridized carbons (Fsp3) is 0.720. The number of ether oxygens (including phenoxy) is 2. The van der Waals surface area contributed by atoms with Gasteiger partial charge in [0.2, 0.25) is 0 Å². The fourth-order valence-corrected chi connectivity index (χ4v) is 5.11. The van der Waals surface area contributed by atoms with Crippen molar-refractivity contribution in [3.8, 4) is 5.75 Å². The van der Waals surface area contributed by atoms with Crippen LogP contribution in [0.3, 0.4) is 0 Å². The molecular formula is C25H43N5O2. The van der Waals surface area contributed by atoms with E-state index in [1.54, 1.807) is 7.11 Å². The lowest BCUT2D eigenvalue weighted by Gasteiger charge is -2.39. The quantitative estimate of drug-likeness (QED) is 0.427. The average Bonchev–Trinajstić information content (AvgIpc) is 3.32.